The summed E-state index contributed by atoms with van der Waals surface area (Å²) < 4.78 is 61.6. The highest BCUT2D eigenvalue weighted by Crippen LogP contribution is 2.32. The maximum Gasteiger partial charge on any atom is 0.257 e. The van der Waals surface area contributed by atoms with Gasteiger partial charge in [0.1, 0.15) is 5.76 Å². The van der Waals surface area contributed by atoms with Crippen LogP contribution in [-0.4, -0.2) is 71.5 Å². The third kappa shape index (κ3) is 5.87. The molecule has 1 aromatic rings. The molecule has 2 unspecified atom stereocenters. The summed E-state index contributed by atoms with van der Waals surface area (Å²) in [5.74, 6) is -6.63. The number of carbonyl (C=O) groups is 1. The first-order valence-electron chi connectivity index (χ1n) is 13.4. The fraction of sp³-hybridized carbons (Fsp3) is 0.607. The average molecular weight is 524 g/mol. The number of amides is 1. The normalized spacial score (nSPS) is 21.5. The molecule has 0 spiro atoms. The summed E-state index contributed by atoms with van der Waals surface area (Å²) in [6, 6.07) is 0.598. The van der Waals surface area contributed by atoms with Crippen LogP contribution in [0.5, 0.6) is 0 Å². The molecule has 0 radical (unpaired) electrons. The number of hydrogen-bond donors (Lipinski definition) is 0. The van der Waals surface area contributed by atoms with E-state index in [1.54, 1.807) is 0 Å². The zero-order valence-corrected chi connectivity index (χ0v) is 21.9. The first-order chi connectivity index (χ1) is 17.7. The molecule has 204 valence electrons. The number of rotatable bonds is 10. The van der Waals surface area contributed by atoms with E-state index in [-0.39, 0.29) is 25.2 Å². The Labute approximate surface area is 216 Å². The van der Waals surface area contributed by atoms with Gasteiger partial charge >= 0.3 is 0 Å². The summed E-state index contributed by atoms with van der Waals surface area (Å²) >= 11 is 0. The van der Waals surface area contributed by atoms with E-state index in [1.807, 2.05) is 13.8 Å². The van der Waals surface area contributed by atoms with Crippen molar-refractivity contribution in [3.8, 4) is 0 Å². The van der Waals surface area contributed by atoms with Crippen LogP contribution in [0.25, 0.3) is 0 Å². The number of benzene rings is 1. The number of piperazine rings is 1. The lowest BCUT2D eigenvalue weighted by Crippen LogP contribution is -2.54. The second-order valence-corrected chi connectivity index (χ2v) is 10.4. The van der Waals surface area contributed by atoms with Crippen LogP contribution >= 0.6 is 0 Å². The number of ether oxygens (including phenoxy) is 1. The first kappa shape index (κ1) is 27.6. The van der Waals surface area contributed by atoms with Crippen LogP contribution in [0.3, 0.4) is 0 Å². The van der Waals surface area contributed by atoms with E-state index in [1.165, 1.54) is 4.90 Å². The highest BCUT2D eigenvalue weighted by atomic mass is 19.2. The SMILES string of the molecule is CCCC(CCCN1Cc2c(F)c(F)c(F)c(F)c2C1=O)N1CCN(C2CC=CC=C2OC(C)C)CC1. The second-order valence-electron chi connectivity index (χ2n) is 10.4. The van der Waals surface area contributed by atoms with Gasteiger partial charge in [0.2, 0.25) is 0 Å². The van der Waals surface area contributed by atoms with E-state index in [0.29, 0.717) is 12.5 Å². The van der Waals surface area contributed by atoms with Gasteiger partial charge in [-0.25, -0.2) is 17.6 Å². The van der Waals surface area contributed by atoms with Gasteiger partial charge in [-0.3, -0.25) is 14.6 Å². The fourth-order valence-electron chi connectivity index (χ4n) is 5.74. The molecule has 4 rings (SSSR count). The molecule has 2 atom stereocenters. The van der Waals surface area contributed by atoms with Gasteiger partial charge in [-0.05, 0) is 45.6 Å². The van der Waals surface area contributed by atoms with Crippen molar-refractivity contribution in [1.29, 1.82) is 0 Å². The number of nitrogens with zero attached hydrogens (tertiary/aromatic N) is 3. The summed E-state index contributed by atoms with van der Waals surface area (Å²) in [5, 5.41) is 0. The Balaban J connectivity index is 1.31. The summed E-state index contributed by atoms with van der Waals surface area (Å²) in [7, 11) is 0. The topological polar surface area (TPSA) is 36.0 Å². The number of hydrogen-bond acceptors (Lipinski definition) is 4. The molecule has 1 amide bonds. The average Bonchev–Trinajstić information content (AvgIpc) is 3.22. The van der Waals surface area contributed by atoms with Crippen LogP contribution in [0.15, 0.2) is 24.0 Å². The van der Waals surface area contributed by atoms with Crippen LogP contribution in [0, 0.1) is 23.3 Å². The molecular weight excluding hydrogens is 486 g/mol. The third-order valence-electron chi connectivity index (χ3n) is 7.56. The Morgan fingerprint density at radius 1 is 1.00 bits per heavy atom. The Kier molecular flexibility index (Phi) is 8.95. The van der Waals surface area contributed by atoms with Crippen LogP contribution < -0.4 is 0 Å². The van der Waals surface area contributed by atoms with Crippen molar-refractivity contribution in [3.63, 3.8) is 0 Å². The Hall–Kier alpha value is -2.39. The van der Waals surface area contributed by atoms with Crippen LogP contribution in [0.1, 0.15) is 68.8 Å². The molecule has 5 nitrogen and oxygen atoms in total. The van der Waals surface area contributed by atoms with Crippen LogP contribution in [0.4, 0.5) is 17.6 Å². The van der Waals surface area contributed by atoms with Gasteiger partial charge in [0, 0.05) is 50.9 Å². The highest BCUT2D eigenvalue weighted by Gasteiger charge is 2.37. The van der Waals surface area contributed by atoms with E-state index >= 15 is 0 Å². The summed E-state index contributed by atoms with van der Waals surface area (Å²) in [6.45, 7) is 10.0. The van der Waals surface area contributed by atoms with E-state index in [0.717, 1.165) is 57.6 Å². The molecule has 2 heterocycles. The lowest BCUT2D eigenvalue weighted by Gasteiger charge is -2.43. The molecule has 37 heavy (non-hydrogen) atoms. The predicted molar refractivity (Wildman–Crippen MR) is 134 cm³/mol. The molecule has 1 aromatic carbocycles. The van der Waals surface area contributed by atoms with Crippen molar-refractivity contribution in [2.45, 2.75) is 77.6 Å². The Bertz CT molecular complexity index is 1050. The molecule has 1 fully saturated rings. The van der Waals surface area contributed by atoms with Crippen molar-refractivity contribution in [2.24, 2.45) is 0 Å². The largest absolute Gasteiger partial charge is 0.494 e. The minimum absolute atomic E-state index is 0.136. The molecule has 1 saturated heterocycles. The van der Waals surface area contributed by atoms with Crippen molar-refractivity contribution < 1.29 is 27.1 Å². The predicted octanol–water partition coefficient (Wildman–Crippen LogP) is 5.40. The van der Waals surface area contributed by atoms with Gasteiger partial charge < -0.3 is 9.64 Å². The standard InChI is InChI=1S/C28H37F4N3O2/c1-4-8-19(33-13-15-34(16-14-33)21-10-5-6-11-22(21)37-18(2)3)9-7-12-35-17-20-23(28(35)36)25(30)27(32)26(31)24(20)29/h5-6,11,18-19,21H,4,7-10,12-17H2,1-3H3. The zero-order valence-electron chi connectivity index (χ0n) is 21.9. The van der Waals surface area contributed by atoms with Crippen molar-refractivity contribution >= 4 is 5.91 Å². The van der Waals surface area contributed by atoms with E-state index < -0.39 is 40.3 Å². The van der Waals surface area contributed by atoms with Crippen LogP contribution in [-0.2, 0) is 11.3 Å². The van der Waals surface area contributed by atoms with Crippen LogP contribution in [0.2, 0.25) is 0 Å². The fourth-order valence-corrected chi connectivity index (χ4v) is 5.74. The van der Waals surface area contributed by atoms with Gasteiger partial charge in [0.05, 0.1) is 17.7 Å². The summed E-state index contributed by atoms with van der Waals surface area (Å²) in [4.78, 5) is 18.9. The smallest absolute Gasteiger partial charge is 0.257 e. The van der Waals surface area contributed by atoms with E-state index in [2.05, 4.69) is 35.0 Å². The summed E-state index contributed by atoms with van der Waals surface area (Å²) in [5.41, 5.74) is -1.07. The molecule has 0 bridgehead atoms. The Morgan fingerprint density at radius 3 is 2.38 bits per heavy atom. The molecule has 0 N–H and O–H groups in total. The maximum atomic E-state index is 14.2. The summed E-state index contributed by atoms with van der Waals surface area (Å²) in [6.07, 6.45) is 10.9. The molecule has 1 aliphatic carbocycles. The minimum Gasteiger partial charge on any atom is -0.494 e. The lowest BCUT2D eigenvalue weighted by atomic mass is 10.0. The van der Waals surface area contributed by atoms with Crippen molar-refractivity contribution in [2.75, 3.05) is 32.7 Å². The quantitative estimate of drug-likeness (QED) is 0.234. The van der Waals surface area contributed by atoms with Gasteiger partial charge in [-0.15, -0.1) is 0 Å². The number of allylic oxidation sites excluding steroid dienone is 2. The van der Waals surface area contributed by atoms with Crippen molar-refractivity contribution in [3.05, 3.63) is 58.4 Å². The monoisotopic (exact) mass is 523 g/mol. The number of fused-ring (bicyclic) bond motifs is 1. The molecule has 9 heteroatoms. The van der Waals surface area contributed by atoms with E-state index in [9.17, 15) is 22.4 Å². The lowest BCUT2D eigenvalue weighted by molar-refractivity contribution is 0.0387. The van der Waals surface area contributed by atoms with Gasteiger partial charge in [0.15, 0.2) is 23.3 Å². The molecule has 2 aliphatic heterocycles. The second kappa shape index (κ2) is 12.0. The maximum absolute atomic E-state index is 14.2. The number of carbonyl (C=O) groups excluding carboxylic acids is 1. The zero-order chi connectivity index (χ0) is 26.7. The Morgan fingerprint density at radius 2 is 1.70 bits per heavy atom. The van der Waals surface area contributed by atoms with Crippen molar-refractivity contribution in [1.82, 2.24) is 14.7 Å². The third-order valence-corrected chi connectivity index (χ3v) is 7.56. The molecule has 0 saturated carbocycles. The van der Waals surface area contributed by atoms with Gasteiger partial charge in [-0.2, -0.15) is 0 Å². The molecule has 3 aliphatic rings. The first-order valence-corrected chi connectivity index (χ1v) is 13.4. The molecule has 0 aromatic heterocycles. The van der Waals surface area contributed by atoms with Gasteiger partial charge in [-0.1, -0.05) is 25.5 Å². The van der Waals surface area contributed by atoms with E-state index in [4.69, 9.17) is 4.74 Å². The molecular formula is C28H37F4N3O2. The number of halogens is 4. The van der Waals surface area contributed by atoms with Gasteiger partial charge in [0.25, 0.3) is 5.91 Å². The highest BCUT2D eigenvalue weighted by molar-refractivity contribution is 5.98. The minimum atomic E-state index is -1.93.